The second-order valence-electron chi connectivity index (χ2n) is 3.75. The second-order valence-corrected chi connectivity index (χ2v) is 3.75. The predicted octanol–water partition coefficient (Wildman–Crippen LogP) is 0.116. The maximum Gasteiger partial charge on any atom is 0.137 e. The Morgan fingerprint density at radius 3 is 2.86 bits per heavy atom. The number of nitrogens with one attached hydrogen (secondary N) is 2. The number of aromatic amines is 1. The third-order valence-electron chi connectivity index (χ3n) is 2.90. The zero-order chi connectivity index (χ0) is 9.86. The van der Waals surface area contributed by atoms with Crippen LogP contribution in [-0.2, 0) is 11.2 Å². The number of hydrogen-bond acceptors (Lipinski definition) is 4. The molecule has 5 nitrogen and oxygen atoms in total. The Morgan fingerprint density at radius 1 is 1.50 bits per heavy atom. The molecular formula is C9H16N4O. The second kappa shape index (κ2) is 4.06. The Morgan fingerprint density at radius 2 is 2.29 bits per heavy atom. The molecule has 0 unspecified atom stereocenters. The number of H-pyrrole nitrogens is 1. The normalized spacial score (nSPS) is 20.9. The molecule has 0 spiro atoms. The van der Waals surface area contributed by atoms with Crippen LogP contribution in [0.5, 0.6) is 0 Å². The van der Waals surface area contributed by atoms with Gasteiger partial charge in [0.15, 0.2) is 0 Å². The number of ether oxygens (including phenoxy) is 1. The number of methoxy groups -OCH3 is 1. The summed E-state index contributed by atoms with van der Waals surface area (Å²) in [5.41, 5.74) is -0.0508. The molecule has 2 heterocycles. The fourth-order valence-corrected chi connectivity index (χ4v) is 1.96. The lowest BCUT2D eigenvalue weighted by Crippen LogP contribution is -2.45. The molecule has 0 saturated carbocycles. The van der Waals surface area contributed by atoms with E-state index in [1.165, 1.54) is 0 Å². The van der Waals surface area contributed by atoms with E-state index in [2.05, 4.69) is 20.5 Å². The topological polar surface area (TPSA) is 62.8 Å². The highest BCUT2D eigenvalue weighted by molar-refractivity contribution is 4.96. The van der Waals surface area contributed by atoms with Crippen molar-refractivity contribution in [2.24, 2.45) is 0 Å². The van der Waals surface area contributed by atoms with Crippen LogP contribution < -0.4 is 5.32 Å². The van der Waals surface area contributed by atoms with Crippen LogP contribution in [0, 0.1) is 0 Å². The van der Waals surface area contributed by atoms with Gasteiger partial charge in [0.1, 0.15) is 12.2 Å². The van der Waals surface area contributed by atoms with Crippen molar-refractivity contribution in [2.75, 3.05) is 20.2 Å². The zero-order valence-electron chi connectivity index (χ0n) is 8.42. The van der Waals surface area contributed by atoms with Gasteiger partial charge in [0.25, 0.3) is 0 Å². The Balaban J connectivity index is 2.04. The average Bonchev–Trinajstić information content (AvgIpc) is 2.72. The molecule has 1 aliphatic rings. The minimum atomic E-state index is -0.0508. The first-order chi connectivity index (χ1) is 6.85. The molecule has 2 N–H and O–H groups in total. The van der Waals surface area contributed by atoms with E-state index in [1.807, 2.05) is 0 Å². The maximum atomic E-state index is 5.62. The van der Waals surface area contributed by atoms with Gasteiger partial charge < -0.3 is 10.1 Å². The molecule has 0 bridgehead atoms. The largest absolute Gasteiger partial charge is 0.378 e. The number of nitrogens with zero attached hydrogens (tertiary/aromatic N) is 2. The van der Waals surface area contributed by atoms with Gasteiger partial charge in [-0.3, -0.25) is 5.10 Å². The van der Waals surface area contributed by atoms with Gasteiger partial charge in [0.2, 0.25) is 0 Å². The van der Waals surface area contributed by atoms with E-state index in [1.54, 1.807) is 13.4 Å². The van der Waals surface area contributed by atoms with Gasteiger partial charge in [0.05, 0.1) is 5.60 Å². The fraction of sp³-hybridized carbons (Fsp3) is 0.778. The van der Waals surface area contributed by atoms with E-state index < -0.39 is 0 Å². The molecule has 1 aliphatic heterocycles. The van der Waals surface area contributed by atoms with Gasteiger partial charge in [-0.1, -0.05) is 0 Å². The molecule has 1 aromatic rings. The molecule has 0 atom stereocenters. The Hall–Kier alpha value is -0.940. The third-order valence-corrected chi connectivity index (χ3v) is 2.90. The highest BCUT2D eigenvalue weighted by Gasteiger charge is 2.32. The quantitative estimate of drug-likeness (QED) is 0.720. The van der Waals surface area contributed by atoms with Crippen molar-refractivity contribution < 1.29 is 4.74 Å². The van der Waals surface area contributed by atoms with E-state index >= 15 is 0 Å². The summed E-state index contributed by atoms with van der Waals surface area (Å²) in [6.07, 6.45) is 4.43. The summed E-state index contributed by atoms with van der Waals surface area (Å²) in [6.45, 7) is 2.03. The predicted molar refractivity (Wildman–Crippen MR) is 51.9 cm³/mol. The van der Waals surface area contributed by atoms with Gasteiger partial charge in [-0.2, -0.15) is 5.10 Å². The van der Waals surface area contributed by atoms with Crippen molar-refractivity contribution in [2.45, 2.75) is 24.9 Å². The smallest absolute Gasteiger partial charge is 0.137 e. The summed E-state index contributed by atoms with van der Waals surface area (Å²) < 4.78 is 5.62. The third kappa shape index (κ3) is 1.93. The van der Waals surface area contributed by atoms with Crippen molar-refractivity contribution in [3.05, 3.63) is 12.2 Å². The monoisotopic (exact) mass is 196 g/mol. The molecule has 78 valence electrons. The van der Waals surface area contributed by atoms with Crippen molar-refractivity contribution >= 4 is 0 Å². The summed E-state index contributed by atoms with van der Waals surface area (Å²) in [5, 5.41) is 10.1. The molecule has 0 aromatic carbocycles. The van der Waals surface area contributed by atoms with Gasteiger partial charge >= 0.3 is 0 Å². The maximum absolute atomic E-state index is 5.62. The first-order valence-corrected chi connectivity index (χ1v) is 4.95. The Bertz CT molecular complexity index is 266. The van der Waals surface area contributed by atoms with Crippen LogP contribution in [0.15, 0.2) is 6.33 Å². The Labute approximate surface area is 83.3 Å². The van der Waals surface area contributed by atoms with E-state index in [0.717, 1.165) is 38.2 Å². The van der Waals surface area contributed by atoms with Gasteiger partial charge in [0, 0.05) is 13.5 Å². The molecular weight excluding hydrogens is 180 g/mol. The average molecular weight is 196 g/mol. The van der Waals surface area contributed by atoms with Crippen LogP contribution in [0.1, 0.15) is 18.7 Å². The molecule has 5 heteroatoms. The lowest BCUT2D eigenvalue weighted by molar-refractivity contribution is -0.0347. The standard InChI is InChI=1S/C9H16N4O/c1-14-9(2-4-10-5-3-9)6-8-11-7-12-13-8/h7,10H,2-6H2,1H3,(H,11,12,13). The number of piperidine rings is 1. The molecule has 0 aliphatic carbocycles. The zero-order valence-corrected chi connectivity index (χ0v) is 8.42. The van der Waals surface area contributed by atoms with Crippen LogP contribution in [0.2, 0.25) is 0 Å². The molecule has 1 fully saturated rings. The van der Waals surface area contributed by atoms with E-state index in [-0.39, 0.29) is 5.60 Å². The van der Waals surface area contributed by atoms with E-state index in [9.17, 15) is 0 Å². The summed E-state index contributed by atoms with van der Waals surface area (Å²) in [5.74, 6) is 0.911. The van der Waals surface area contributed by atoms with Crippen LogP contribution in [0.3, 0.4) is 0 Å². The first kappa shape index (κ1) is 9.61. The van der Waals surface area contributed by atoms with Gasteiger partial charge in [-0.15, -0.1) is 0 Å². The minimum absolute atomic E-state index is 0.0508. The molecule has 1 aromatic heterocycles. The highest BCUT2D eigenvalue weighted by atomic mass is 16.5. The number of hydrogen-bond donors (Lipinski definition) is 2. The van der Waals surface area contributed by atoms with Gasteiger partial charge in [-0.25, -0.2) is 4.98 Å². The Kier molecular flexibility index (Phi) is 2.79. The van der Waals surface area contributed by atoms with Crippen LogP contribution >= 0.6 is 0 Å². The van der Waals surface area contributed by atoms with Crippen molar-refractivity contribution in [3.63, 3.8) is 0 Å². The fourth-order valence-electron chi connectivity index (χ4n) is 1.96. The first-order valence-electron chi connectivity index (χ1n) is 4.95. The lowest BCUT2D eigenvalue weighted by Gasteiger charge is -2.35. The van der Waals surface area contributed by atoms with Gasteiger partial charge in [-0.05, 0) is 25.9 Å². The summed E-state index contributed by atoms with van der Waals surface area (Å²) >= 11 is 0. The molecule has 2 rings (SSSR count). The highest BCUT2D eigenvalue weighted by Crippen LogP contribution is 2.25. The van der Waals surface area contributed by atoms with Crippen molar-refractivity contribution in [3.8, 4) is 0 Å². The van der Waals surface area contributed by atoms with Crippen molar-refractivity contribution in [1.29, 1.82) is 0 Å². The van der Waals surface area contributed by atoms with Crippen LogP contribution in [0.4, 0.5) is 0 Å². The van der Waals surface area contributed by atoms with Crippen LogP contribution in [0.25, 0.3) is 0 Å². The lowest BCUT2D eigenvalue weighted by atomic mass is 9.88. The molecule has 14 heavy (non-hydrogen) atoms. The van der Waals surface area contributed by atoms with E-state index in [0.29, 0.717) is 0 Å². The SMILES string of the molecule is COC1(Cc2ncn[nH]2)CCNCC1. The summed E-state index contributed by atoms with van der Waals surface area (Å²) in [6, 6.07) is 0. The minimum Gasteiger partial charge on any atom is -0.378 e. The molecule has 1 saturated heterocycles. The number of aromatic nitrogens is 3. The number of rotatable bonds is 3. The van der Waals surface area contributed by atoms with E-state index in [4.69, 9.17) is 4.74 Å². The summed E-state index contributed by atoms with van der Waals surface area (Å²) in [7, 11) is 1.78. The summed E-state index contributed by atoms with van der Waals surface area (Å²) in [4.78, 5) is 4.14. The van der Waals surface area contributed by atoms with Crippen LogP contribution in [-0.4, -0.2) is 41.0 Å². The molecule has 0 radical (unpaired) electrons. The molecule has 0 amide bonds. The van der Waals surface area contributed by atoms with Crippen molar-refractivity contribution in [1.82, 2.24) is 20.5 Å².